The number of rotatable bonds is 4. The predicted octanol–water partition coefficient (Wildman–Crippen LogP) is 2.13. The minimum absolute atomic E-state index is 0.299. The lowest BCUT2D eigenvalue weighted by molar-refractivity contribution is -0.0924. The van der Waals surface area contributed by atoms with Crippen molar-refractivity contribution >= 4 is 11.5 Å². The molecule has 0 atom stereocenters. The molecule has 3 rings (SSSR count). The molecule has 1 aromatic heterocycles. The molecule has 98 valence electrons. The molecule has 3 heterocycles. The van der Waals surface area contributed by atoms with Crippen LogP contribution in [0.25, 0.3) is 0 Å². The van der Waals surface area contributed by atoms with Gasteiger partial charge in [-0.1, -0.05) is 6.92 Å². The van der Waals surface area contributed by atoms with Gasteiger partial charge in [-0.3, -0.25) is 0 Å². The van der Waals surface area contributed by atoms with Crippen molar-refractivity contribution < 1.29 is 4.74 Å². The zero-order chi connectivity index (χ0) is 12.4. The van der Waals surface area contributed by atoms with Gasteiger partial charge in [-0.05, 0) is 25.0 Å². The van der Waals surface area contributed by atoms with Gasteiger partial charge in [-0.2, -0.15) is 0 Å². The van der Waals surface area contributed by atoms with E-state index in [9.17, 15) is 0 Å². The molecule has 0 aromatic carbocycles. The van der Waals surface area contributed by atoms with Crippen LogP contribution < -0.4 is 10.2 Å². The van der Waals surface area contributed by atoms with Crippen LogP contribution in [0.1, 0.15) is 19.8 Å². The maximum Gasteiger partial charge on any atom is 0.128 e. The average molecular weight is 247 g/mol. The van der Waals surface area contributed by atoms with Crippen LogP contribution in [-0.4, -0.2) is 37.8 Å². The minimum Gasteiger partial charge on any atom is -0.383 e. The molecule has 0 spiro atoms. The highest BCUT2D eigenvalue weighted by Crippen LogP contribution is 2.27. The Morgan fingerprint density at radius 1 is 1.33 bits per heavy atom. The predicted molar refractivity (Wildman–Crippen MR) is 73.1 cm³/mol. The van der Waals surface area contributed by atoms with Gasteiger partial charge in [0.1, 0.15) is 5.82 Å². The Balaban J connectivity index is 1.57. The second-order valence-electron chi connectivity index (χ2n) is 5.76. The summed E-state index contributed by atoms with van der Waals surface area (Å²) in [4.78, 5) is 6.89. The molecule has 0 aliphatic carbocycles. The molecule has 0 radical (unpaired) electrons. The normalized spacial score (nSPS) is 21.7. The summed E-state index contributed by atoms with van der Waals surface area (Å²) < 4.78 is 5.25. The topological polar surface area (TPSA) is 37.4 Å². The van der Waals surface area contributed by atoms with Gasteiger partial charge in [0.15, 0.2) is 0 Å². The second kappa shape index (κ2) is 4.76. The molecule has 18 heavy (non-hydrogen) atoms. The molecule has 0 saturated carbocycles. The standard InChI is InChI=1S/C14H21N3O/c1-14(10-18-11-14)9-16-12-4-5-13(15-8-12)17-6-2-3-7-17/h4-5,8,16H,2-3,6-7,9-11H2,1H3. The Labute approximate surface area is 108 Å². The molecular weight excluding hydrogens is 226 g/mol. The van der Waals surface area contributed by atoms with E-state index in [1.54, 1.807) is 0 Å². The number of aromatic nitrogens is 1. The van der Waals surface area contributed by atoms with Crippen LogP contribution in [0.5, 0.6) is 0 Å². The van der Waals surface area contributed by atoms with Crippen LogP contribution >= 0.6 is 0 Å². The van der Waals surface area contributed by atoms with Gasteiger partial charge in [-0.25, -0.2) is 4.98 Å². The van der Waals surface area contributed by atoms with Crippen molar-refractivity contribution in [3.05, 3.63) is 18.3 Å². The van der Waals surface area contributed by atoms with Crippen LogP contribution in [0.3, 0.4) is 0 Å². The number of nitrogens with one attached hydrogen (secondary N) is 1. The number of hydrogen-bond donors (Lipinski definition) is 1. The summed E-state index contributed by atoms with van der Waals surface area (Å²) in [6, 6.07) is 4.25. The van der Waals surface area contributed by atoms with Crippen LogP contribution in [0, 0.1) is 5.41 Å². The third-order valence-electron chi connectivity index (χ3n) is 3.80. The molecule has 0 bridgehead atoms. The summed E-state index contributed by atoms with van der Waals surface area (Å²) in [5.74, 6) is 1.11. The van der Waals surface area contributed by atoms with Crippen molar-refractivity contribution in [1.29, 1.82) is 0 Å². The zero-order valence-corrected chi connectivity index (χ0v) is 11.0. The fraction of sp³-hybridized carbons (Fsp3) is 0.643. The van der Waals surface area contributed by atoms with E-state index in [-0.39, 0.29) is 0 Å². The Morgan fingerprint density at radius 2 is 2.11 bits per heavy atom. The number of hydrogen-bond acceptors (Lipinski definition) is 4. The van der Waals surface area contributed by atoms with Crippen molar-refractivity contribution in [2.45, 2.75) is 19.8 Å². The van der Waals surface area contributed by atoms with E-state index < -0.39 is 0 Å². The second-order valence-corrected chi connectivity index (χ2v) is 5.76. The van der Waals surface area contributed by atoms with Gasteiger partial charge in [-0.15, -0.1) is 0 Å². The molecule has 4 heteroatoms. The van der Waals surface area contributed by atoms with Crippen LogP contribution in [0.15, 0.2) is 18.3 Å². The highest BCUT2D eigenvalue weighted by Gasteiger charge is 2.32. The molecule has 1 aromatic rings. The van der Waals surface area contributed by atoms with E-state index in [1.807, 2.05) is 6.20 Å². The lowest BCUT2D eigenvalue weighted by Crippen LogP contribution is -2.45. The van der Waals surface area contributed by atoms with Crippen LogP contribution in [0.2, 0.25) is 0 Å². The number of ether oxygens (including phenoxy) is 1. The van der Waals surface area contributed by atoms with E-state index in [4.69, 9.17) is 4.74 Å². The monoisotopic (exact) mass is 247 g/mol. The van der Waals surface area contributed by atoms with Crippen LogP contribution in [-0.2, 0) is 4.74 Å². The molecule has 4 nitrogen and oxygen atoms in total. The Bertz CT molecular complexity index is 394. The van der Waals surface area contributed by atoms with E-state index in [1.165, 1.54) is 12.8 Å². The van der Waals surface area contributed by atoms with E-state index in [0.29, 0.717) is 5.41 Å². The maximum absolute atomic E-state index is 5.25. The first-order chi connectivity index (χ1) is 8.75. The summed E-state index contributed by atoms with van der Waals surface area (Å²) in [7, 11) is 0. The zero-order valence-electron chi connectivity index (χ0n) is 11.0. The molecule has 2 saturated heterocycles. The van der Waals surface area contributed by atoms with Crippen molar-refractivity contribution in [3.8, 4) is 0 Å². The average Bonchev–Trinajstić information content (AvgIpc) is 2.88. The highest BCUT2D eigenvalue weighted by atomic mass is 16.5. The third kappa shape index (κ3) is 2.43. The Hall–Kier alpha value is -1.29. The van der Waals surface area contributed by atoms with Gasteiger partial charge in [0, 0.05) is 25.0 Å². The van der Waals surface area contributed by atoms with Crippen LogP contribution in [0.4, 0.5) is 11.5 Å². The highest BCUT2D eigenvalue weighted by molar-refractivity contribution is 5.49. The Kier molecular flexibility index (Phi) is 3.12. The molecule has 0 unspecified atom stereocenters. The van der Waals surface area contributed by atoms with Crippen molar-refractivity contribution in [3.63, 3.8) is 0 Å². The summed E-state index contributed by atoms with van der Waals surface area (Å²) in [6.07, 6.45) is 4.52. The summed E-state index contributed by atoms with van der Waals surface area (Å²) in [5.41, 5.74) is 1.40. The molecule has 2 fully saturated rings. The van der Waals surface area contributed by atoms with Gasteiger partial charge < -0.3 is 15.0 Å². The van der Waals surface area contributed by atoms with Gasteiger partial charge in [0.05, 0.1) is 25.1 Å². The largest absolute Gasteiger partial charge is 0.383 e. The lowest BCUT2D eigenvalue weighted by Gasteiger charge is -2.38. The SMILES string of the molecule is CC1(CNc2ccc(N3CCCC3)nc2)COC1. The van der Waals surface area contributed by atoms with E-state index in [2.05, 4.69) is 34.3 Å². The van der Waals surface area contributed by atoms with Crippen molar-refractivity contribution in [1.82, 2.24) is 4.98 Å². The third-order valence-corrected chi connectivity index (χ3v) is 3.80. The minimum atomic E-state index is 0.299. The Morgan fingerprint density at radius 3 is 2.67 bits per heavy atom. The van der Waals surface area contributed by atoms with Crippen molar-refractivity contribution in [2.24, 2.45) is 5.41 Å². The van der Waals surface area contributed by atoms with E-state index >= 15 is 0 Å². The van der Waals surface area contributed by atoms with Gasteiger partial charge >= 0.3 is 0 Å². The fourth-order valence-electron chi connectivity index (χ4n) is 2.49. The number of pyridine rings is 1. The number of anilines is 2. The first kappa shape index (κ1) is 11.8. The van der Waals surface area contributed by atoms with Gasteiger partial charge in [0.2, 0.25) is 0 Å². The summed E-state index contributed by atoms with van der Waals surface area (Å²) in [6.45, 7) is 7.22. The maximum atomic E-state index is 5.25. The van der Waals surface area contributed by atoms with E-state index in [0.717, 1.165) is 44.4 Å². The molecule has 0 amide bonds. The van der Waals surface area contributed by atoms with Gasteiger partial charge in [0.25, 0.3) is 0 Å². The molecular formula is C14H21N3O. The summed E-state index contributed by atoms with van der Waals surface area (Å²) >= 11 is 0. The molecule has 2 aliphatic rings. The summed E-state index contributed by atoms with van der Waals surface area (Å²) in [5, 5.41) is 3.44. The lowest BCUT2D eigenvalue weighted by atomic mass is 9.89. The van der Waals surface area contributed by atoms with Crippen molar-refractivity contribution in [2.75, 3.05) is 43.1 Å². The smallest absolute Gasteiger partial charge is 0.128 e. The first-order valence-corrected chi connectivity index (χ1v) is 6.78. The quantitative estimate of drug-likeness (QED) is 0.884. The molecule has 2 aliphatic heterocycles. The molecule has 1 N–H and O–H groups in total. The number of nitrogens with zero attached hydrogens (tertiary/aromatic N) is 2. The fourth-order valence-corrected chi connectivity index (χ4v) is 2.49. The first-order valence-electron chi connectivity index (χ1n) is 6.78.